The van der Waals surface area contributed by atoms with E-state index < -0.39 is 63.8 Å². The van der Waals surface area contributed by atoms with Crippen molar-refractivity contribution in [3.63, 3.8) is 0 Å². The highest BCUT2D eigenvalue weighted by Crippen LogP contribution is 2.54. The van der Waals surface area contributed by atoms with Gasteiger partial charge in [-0.15, -0.1) is 0 Å². The predicted octanol–water partition coefficient (Wildman–Crippen LogP) is 1.84. The van der Waals surface area contributed by atoms with E-state index in [2.05, 4.69) is 0 Å². The van der Waals surface area contributed by atoms with Crippen LogP contribution in [0.4, 0.5) is 0 Å². The minimum Gasteiger partial charge on any atom is -0.508 e. The van der Waals surface area contributed by atoms with Crippen LogP contribution in [-0.2, 0) is 20.8 Å². The second-order valence-electron chi connectivity index (χ2n) is 9.31. The van der Waals surface area contributed by atoms with Crippen molar-refractivity contribution in [3.05, 3.63) is 51.8 Å². The first-order valence-corrected chi connectivity index (χ1v) is 10.9. The summed E-state index contributed by atoms with van der Waals surface area (Å²) in [5, 5.41) is 52.8. The van der Waals surface area contributed by atoms with Crippen LogP contribution in [-0.4, -0.2) is 43.5 Å². The summed E-state index contributed by atoms with van der Waals surface area (Å²) in [5.41, 5.74) is 2.74. The number of phenols is 1. The molecule has 1 amide bonds. The summed E-state index contributed by atoms with van der Waals surface area (Å²) in [6.45, 7) is 3.41. The number of allylic oxidation sites excluding steroid dienone is 1. The Labute approximate surface area is 195 Å². The maximum Gasteiger partial charge on any atom is 0.255 e. The maximum absolute atomic E-state index is 13.7. The number of Topliss-reactive ketones (excluding diaryl/α,β-unsaturated/α-hetero) is 2. The Balaban J connectivity index is 1.98. The van der Waals surface area contributed by atoms with Crippen LogP contribution in [0.3, 0.4) is 0 Å². The molecule has 4 atom stereocenters. The van der Waals surface area contributed by atoms with Crippen molar-refractivity contribution in [3.8, 4) is 11.8 Å². The van der Waals surface area contributed by atoms with E-state index in [0.717, 1.165) is 0 Å². The Bertz CT molecular complexity index is 1280. The molecule has 0 aromatic heterocycles. The minimum absolute atomic E-state index is 0.00682. The van der Waals surface area contributed by atoms with Gasteiger partial charge in [-0.3, -0.25) is 14.4 Å². The van der Waals surface area contributed by atoms with E-state index in [9.17, 15) is 34.8 Å². The zero-order valence-corrected chi connectivity index (χ0v) is 18.6. The lowest BCUT2D eigenvalue weighted by Crippen LogP contribution is -2.62. The highest BCUT2D eigenvalue weighted by atomic mass is 16.3. The Morgan fingerprint density at radius 3 is 2.53 bits per heavy atom. The van der Waals surface area contributed by atoms with Gasteiger partial charge in [-0.05, 0) is 47.9 Å². The van der Waals surface area contributed by atoms with Gasteiger partial charge in [-0.2, -0.15) is 5.26 Å². The molecule has 0 unspecified atom stereocenters. The van der Waals surface area contributed by atoms with E-state index in [1.165, 1.54) is 18.2 Å². The molecular weight excluding hydrogens is 440 g/mol. The molecular formula is C25H24N2O7. The van der Waals surface area contributed by atoms with Crippen molar-refractivity contribution in [2.24, 2.45) is 29.4 Å². The van der Waals surface area contributed by atoms with Gasteiger partial charge in [-0.25, -0.2) is 0 Å². The number of benzene rings is 1. The SMILES string of the molecule is CC(C)[C@@H]1C(=O)C(C(N)=O)=C(O)[C@@]2(O)C(=O)C3=C(O)c4c(O)ccc(/C=C/C#N)c4C[C@H]3C[C@@H]12. The first-order chi connectivity index (χ1) is 16.0. The van der Waals surface area contributed by atoms with E-state index in [4.69, 9.17) is 11.0 Å². The molecule has 9 nitrogen and oxygen atoms in total. The molecule has 0 radical (unpaired) electrons. The van der Waals surface area contributed by atoms with E-state index in [-0.39, 0.29) is 29.7 Å². The Kier molecular flexibility index (Phi) is 5.37. The number of amides is 1. The number of fused-ring (bicyclic) bond motifs is 3. The summed E-state index contributed by atoms with van der Waals surface area (Å²) in [6.07, 6.45) is 2.99. The minimum atomic E-state index is -2.63. The second kappa shape index (κ2) is 7.85. The number of nitrogens with zero attached hydrogens (tertiary/aromatic N) is 1. The van der Waals surface area contributed by atoms with Crippen molar-refractivity contribution < 1.29 is 34.8 Å². The first kappa shape index (κ1) is 23.3. The highest BCUT2D eigenvalue weighted by molar-refractivity contribution is 6.23. The quantitative estimate of drug-likeness (QED) is 0.332. The Hall–Kier alpha value is -3.90. The van der Waals surface area contributed by atoms with Crippen molar-refractivity contribution in [1.82, 2.24) is 0 Å². The van der Waals surface area contributed by atoms with Gasteiger partial charge in [0.1, 0.15) is 22.8 Å². The number of aliphatic hydroxyl groups excluding tert-OH is 2. The number of aromatic hydroxyl groups is 1. The monoisotopic (exact) mass is 464 g/mol. The summed E-state index contributed by atoms with van der Waals surface area (Å²) in [6, 6.07) is 4.78. The summed E-state index contributed by atoms with van der Waals surface area (Å²) < 4.78 is 0. The standard InChI is InChI=1S/C25H24N2O7/c1-10(2)16-14-9-12-8-13-11(4-3-7-26)5-6-15(28)18(13)21(30)17(12)22(31)25(14,34)23(32)19(20(16)29)24(27)33/h3-6,10,12,14,16,28,30,32,34H,8-9H2,1-2H3,(H2,27,33)/b4-3+/t12-,14-,16-,25-/m0/s1. The Morgan fingerprint density at radius 1 is 1.26 bits per heavy atom. The fourth-order valence-corrected chi connectivity index (χ4v) is 5.79. The molecule has 1 saturated carbocycles. The number of hydrogen-bond donors (Lipinski definition) is 5. The molecule has 0 bridgehead atoms. The maximum atomic E-state index is 13.7. The topological polar surface area (TPSA) is 182 Å². The normalized spacial score (nSPS) is 28.6. The lowest BCUT2D eigenvalue weighted by molar-refractivity contribution is -0.155. The number of carbonyl (C=O) groups is 3. The van der Waals surface area contributed by atoms with Crippen LogP contribution in [0.5, 0.6) is 5.75 Å². The number of nitriles is 1. The zero-order valence-electron chi connectivity index (χ0n) is 18.6. The van der Waals surface area contributed by atoms with Crippen LogP contribution in [0, 0.1) is 35.0 Å². The largest absolute Gasteiger partial charge is 0.508 e. The van der Waals surface area contributed by atoms with Crippen LogP contribution in [0.25, 0.3) is 11.8 Å². The number of aliphatic hydroxyl groups is 3. The fraction of sp³-hybridized carbons (Fsp3) is 0.360. The van der Waals surface area contributed by atoms with Gasteiger partial charge in [0.15, 0.2) is 11.4 Å². The molecule has 3 aliphatic rings. The molecule has 6 N–H and O–H groups in total. The average Bonchev–Trinajstić information content (AvgIpc) is 2.75. The smallest absolute Gasteiger partial charge is 0.255 e. The van der Waals surface area contributed by atoms with Crippen molar-refractivity contribution in [1.29, 1.82) is 5.26 Å². The van der Waals surface area contributed by atoms with Gasteiger partial charge in [-0.1, -0.05) is 19.9 Å². The van der Waals surface area contributed by atoms with Crippen molar-refractivity contribution in [2.45, 2.75) is 32.3 Å². The number of primary amides is 1. The molecule has 1 aromatic rings. The van der Waals surface area contributed by atoms with Gasteiger partial charge < -0.3 is 26.2 Å². The van der Waals surface area contributed by atoms with E-state index in [1.807, 2.05) is 6.07 Å². The third kappa shape index (κ3) is 2.99. The summed E-state index contributed by atoms with van der Waals surface area (Å²) >= 11 is 0. The second-order valence-corrected chi connectivity index (χ2v) is 9.31. The molecule has 0 spiro atoms. The van der Waals surface area contributed by atoms with Gasteiger partial charge in [0.2, 0.25) is 5.78 Å². The third-order valence-corrected chi connectivity index (χ3v) is 7.23. The van der Waals surface area contributed by atoms with E-state index in [1.54, 1.807) is 19.9 Å². The molecule has 34 heavy (non-hydrogen) atoms. The molecule has 1 aromatic carbocycles. The van der Waals surface area contributed by atoms with Crippen LogP contribution < -0.4 is 5.73 Å². The number of carbonyl (C=O) groups excluding carboxylic acids is 3. The molecule has 0 heterocycles. The number of hydrogen-bond acceptors (Lipinski definition) is 8. The van der Waals surface area contributed by atoms with Gasteiger partial charge in [0, 0.05) is 23.5 Å². The van der Waals surface area contributed by atoms with Crippen LogP contribution in [0.15, 0.2) is 35.1 Å². The average molecular weight is 464 g/mol. The van der Waals surface area contributed by atoms with Crippen molar-refractivity contribution >= 4 is 29.3 Å². The third-order valence-electron chi connectivity index (χ3n) is 7.23. The summed E-state index contributed by atoms with van der Waals surface area (Å²) in [5.74, 6) is -8.05. The van der Waals surface area contributed by atoms with Gasteiger partial charge >= 0.3 is 0 Å². The molecule has 9 heteroatoms. The summed E-state index contributed by atoms with van der Waals surface area (Å²) in [7, 11) is 0. The Morgan fingerprint density at radius 2 is 1.94 bits per heavy atom. The fourth-order valence-electron chi connectivity index (χ4n) is 5.79. The van der Waals surface area contributed by atoms with Gasteiger partial charge in [0.05, 0.1) is 11.6 Å². The van der Waals surface area contributed by atoms with Gasteiger partial charge in [0.25, 0.3) is 5.91 Å². The predicted molar refractivity (Wildman–Crippen MR) is 120 cm³/mol. The van der Waals surface area contributed by atoms with E-state index >= 15 is 0 Å². The number of rotatable bonds is 3. The molecule has 1 fully saturated rings. The molecule has 0 aliphatic heterocycles. The lowest BCUT2D eigenvalue weighted by Gasteiger charge is -2.50. The zero-order chi connectivity index (χ0) is 25.1. The molecule has 3 aliphatic carbocycles. The first-order valence-electron chi connectivity index (χ1n) is 10.9. The molecule has 4 rings (SSSR count). The number of ketones is 2. The van der Waals surface area contributed by atoms with E-state index in [0.29, 0.717) is 11.1 Å². The highest BCUT2D eigenvalue weighted by Gasteiger charge is 2.64. The number of nitrogens with two attached hydrogens (primary N) is 1. The van der Waals surface area contributed by atoms with Crippen molar-refractivity contribution in [2.75, 3.05) is 0 Å². The summed E-state index contributed by atoms with van der Waals surface area (Å²) in [4.78, 5) is 38.8. The van der Waals surface area contributed by atoms with Crippen LogP contribution in [0.2, 0.25) is 0 Å². The van der Waals surface area contributed by atoms with Crippen LogP contribution in [0.1, 0.15) is 37.0 Å². The van der Waals surface area contributed by atoms with Crippen LogP contribution >= 0.6 is 0 Å². The lowest BCUT2D eigenvalue weighted by atomic mass is 9.54. The molecule has 0 saturated heterocycles. The molecule has 176 valence electrons. The number of phenolic OH excluding ortho intramolecular Hbond substituents is 1.